The van der Waals surface area contributed by atoms with Crippen molar-refractivity contribution < 1.29 is 19.1 Å². The number of hydrogen-bond donors (Lipinski definition) is 0. The van der Waals surface area contributed by atoms with Crippen molar-refractivity contribution >= 4 is 12.3 Å². The van der Waals surface area contributed by atoms with E-state index in [9.17, 15) is 9.59 Å². The summed E-state index contributed by atoms with van der Waals surface area (Å²) in [5.41, 5.74) is 1.03. The molecular weight excluding hydrogens is 304 g/mol. The van der Waals surface area contributed by atoms with Gasteiger partial charge in [0.05, 0.1) is 5.56 Å². The molecule has 0 aliphatic carbocycles. The normalized spacial score (nSPS) is 10.0. The quantitative estimate of drug-likeness (QED) is 0.394. The van der Waals surface area contributed by atoms with Gasteiger partial charge in [0.15, 0.2) is 0 Å². The zero-order valence-electron chi connectivity index (χ0n) is 12.7. The van der Waals surface area contributed by atoms with Crippen molar-refractivity contribution in [3.8, 4) is 17.2 Å². The Morgan fingerprint density at radius 1 is 0.750 bits per heavy atom. The molecule has 3 aromatic rings. The molecule has 0 saturated heterocycles. The second-order valence-electron chi connectivity index (χ2n) is 5.02. The Morgan fingerprint density at radius 2 is 1.46 bits per heavy atom. The molecule has 24 heavy (non-hydrogen) atoms. The van der Waals surface area contributed by atoms with Gasteiger partial charge in [0, 0.05) is 5.56 Å². The maximum absolute atomic E-state index is 12.0. The minimum absolute atomic E-state index is 0.414. The van der Waals surface area contributed by atoms with Gasteiger partial charge < -0.3 is 9.47 Å². The molecule has 0 aromatic heterocycles. The Balaban J connectivity index is 1.67. The number of carbonyl (C=O) groups is 2. The van der Waals surface area contributed by atoms with Crippen LogP contribution in [0.25, 0.3) is 0 Å². The molecule has 0 heterocycles. The van der Waals surface area contributed by atoms with Crippen molar-refractivity contribution in [3.63, 3.8) is 0 Å². The average molecular weight is 318 g/mol. The van der Waals surface area contributed by atoms with Crippen molar-refractivity contribution in [1.82, 2.24) is 0 Å². The molecule has 0 unspecified atom stereocenters. The fourth-order valence-electron chi connectivity index (χ4n) is 2.10. The number of ether oxygens (including phenoxy) is 2. The molecule has 3 rings (SSSR count). The lowest BCUT2D eigenvalue weighted by atomic mass is 10.2. The summed E-state index contributed by atoms with van der Waals surface area (Å²) in [6.07, 6.45) is 0.763. The predicted molar refractivity (Wildman–Crippen MR) is 89.7 cm³/mol. The van der Waals surface area contributed by atoms with E-state index in [1.165, 1.54) is 0 Å². The number of carbonyl (C=O) groups excluding carboxylic acids is 2. The molecule has 0 amide bonds. The van der Waals surface area contributed by atoms with Gasteiger partial charge in [0.2, 0.25) is 0 Å². The topological polar surface area (TPSA) is 52.6 Å². The van der Waals surface area contributed by atoms with Crippen LogP contribution in [0, 0.1) is 0 Å². The van der Waals surface area contributed by atoms with E-state index < -0.39 is 5.97 Å². The van der Waals surface area contributed by atoms with Gasteiger partial charge in [0.1, 0.15) is 23.5 Å². The van der Waals surface area contributed by atoms with Crippen LogP contribution in [0.15, 0.2) is 78.9 Å². The minimum Gasteiger partial charge on any atom is -0.457 e. The van der Waals surface area contributed by atoms with Crippen LogP contribution < -0.4 is 9.47 Å². The minimum atomic E-state index is -0.414. The van der Waals surface area contributed by atoms with E-state index in [-0.39, 0.29) is 0 Å². The molecular formula is C20H14O4. The van der Waals surface area contributed by atoms with E-state index in [0.29, 0.717) is 28.4 Å². The van der Waals surface area contributed by atoms with E-state index in [1.807, 2.05) is 6.07 Å². The first-order valence-electron chi connectivity index (χ1n) is 7.35. The molecule has 0 fully saturated rings. The number of esters is 1. The molecule has 0 spiro atoms. The molecule has 0 N–H and O–H groups in total. The van der Waals surface area contributed by atoms with E-state index in [2.05, 4.69) is 0 Å². The lowest BCUT2D eigenvalue weighted by molar-refractivity contribution is 0.0734. The van der Waals surface area contributed by atoms with Crippen LogP contribution in [-0.4, -0.2) is 12.3 Å². The third kappa shape index (κ3) is 3.87. The smallest absolute Gasteiger partial charge is 0.343 e. The summed E-state index contributed by atoms with van der Waals surface area (Å²) in [6, 6.07) is 22.3. The lowest BCUT2D eigenvalue weighted by Gasteiger charge is -2.08. The van der Waals surface area contributed by atoms with E-state index in [0.717, 1.165) is 6.29 Å². The van der Waals surface area contributed by atoms with E-state index in [4.69, 9.17) is 9.47 Å². The Bertz CT molecular complexity index is 839. The highest BCUT2D eigenvalue weighted by molar-refractivity contribution is 5.90. The van der Waals surface area contributed by atoms with Gasteiger partial charge in [-0.3, -0.25) is 4.79 Å². The van der Waals surface area contributed by atoms with Crippen LogP contribution in [-0.2, 0) is 0 Å². The van der Waals surface area contributed by atoms with Crippen molar-refractivity contribution in [2.24, 2.45) is 0 Å². The molecule has 0 bridgehead atoms. The third-order valence-electron chi connectivity index (χ3n) is 3.27. The van der Waals surface area contributed by atoms with Gasteiger partial charge in [-0.25, -0.2) is 4.79 Å². The van der Waals surface area contributed by atoms with Crippen LogP contribution in [0.3, 0.4) is 0 Å². The summed E-state index contributed by atoms with van der Waals surface area (Å²) < 4.78 is 11.0. The third-order valence-corrected chi connectivity index (χ3v) is 3.27. The second kappa shape index (κ2) is 7.24. The Morgan fingerprint density at radius 3 is 2.17 bits per heavy atom. The van der Waals surface area contributed by atoms with Gasteiger partial charge in [0.25, 0.3) is 0 Å². The highest BCUT2D eigenvalue weighted by Gasteiger charge is 2.08. The zero-order chi connectivity index (χ0) is 16.8. The van der Waals surface area contributed by atoms with Crippen molar-refractivity contribution in [2.45, 2.75) is 0 Å². The first-order valence-corrected chi connectivity index (χ1v) is 7.35. The largest absolute Gasteiger partial charge is 0.457 e. The van der Waals surface area contributed by atoms with Crippen LogP contribution in [0.1, 0.15) is 20.7 Å². The number of hydrogen-bond acceptors (Lipinski definition) is 4. The maximum Gasteiger partial charge on any atom is 0.343 e. The van der Waals surface area contributed by atoms with E-state index >= 15 is 0 Å². The summed E-state index contributed by atoms with van der Waals surface area (Å²) in [5, 5.41) is 0. The molecule has 0 saturated carbocycles. The first kappa shape index (κ1) is 15.5. The van der Waals surface area contributed by atoms with Crippen molar-refractivity contribution in [3.05, 3.63) is 90.0 Å². The predicted octanol–water partition coefficient (Wildman–Crippen LogP) is 4.51. The zero-order valence-corrected chi connectivity index (χ0v) is 12.7. The molecule has 4 nitrogen and oxygen atoms in total. The van der Waals surface area contributed by atoms with Crippen LogP contribution >= 0.6 is 0 Å². The van der Waals surface area contributed by atoms with Gasteiger partial charge >= 0.3 is 5.97 Å². The van der Waals surface area contributed by atoms with Crippen LogP contribution in [0.5, 0.6) is 17.2 Å². The summed E-state index contributed by atoms with van der Waals surface area (Å²) in [7, 11) is 0. The molecule has 0 aliphatic rings. The maximum atomic E-state index is 12.0. The van der Waals surface area contributed by atoms with Gasteiger partial charge in [-0.05, 0) is 48.5 Å². The molecule has 0 radical (unpaired) electrons. The Kier molecular flexibility index (Phi) is 4.68. The van der Waals surface area contributed by atoms with Gasteiger partial charge in [-0.15, -0.1) is 0 Å². The molecule has 0 aliphatic heterocycles. The summed E-state index contributed by atoms with van der Waals surface area (Å²) >= 11 is 0. The van der Waals surface area contributed by atoms with Gasteiger partial charge in [-0.2, -0.15) is 0 Å². The summed E-state index contributed by atoms with van der Waals surface area (Å²) in [6.45, 7) is 0. The summed E-state index contributed by atoms with van der Waals surface area (Å²) in [4.78, 5) is 22.7. The van der Waals surface area contributed by atoms with Crippen molar-refractivity contribution in [1.29, 1.82) is 0 Å². The standard InChI is InChI=1S/C20H14O4/c21-14-15-5-4-8-19(13-15)23-17-9-11-18(12-10-17)24-20(22)16-6-2-1-3-7-16/h1-14H. The fraction of sp³-hybridized carbons (Fsp3) is 0. The lowest BCUT2D eigenvalue weighted by Crippen LogP contribution is -2.07. The molecule has 3 aromatic carbocycles. The van der Waals surface area contributed by atoms with Crippen molar-refractivity contribution in [2.75, 3.05) is 0 Å². The van der Waals surface area contributed by atoms with Crippen LogP contribution in [0.2, 0.25) is 0 Å². The average Bonchev–Trinajstić information content (AvgIpc) is 2.64. The Hall–Kier alpha value is -3.40. The SMILES string of the molecule is O=Cc1cccc(Oc2ccc(OC(=O)c3ccccc3)cc2)c1. The fourth-order valence-corrected chi connectivity index (χ4v) is 2.10. The molecule has 118 valence electrons. The molecule has 4 heteroatoms. The number of benzene rings is 3. The molecule has 0 atom stereocenters. The monoisotopic (exact) mass is 318 g/mol. The number of rotatable bonds is 5. The second-order valence-corrected chi connectivity index (χ2v) is 5.02. The van der Waals surface area contributed by atoms with Crippen LogP contribution in [0.4, 0.5) is 0 Å². The number of aldehydes is 1. The summed E-state index contributed by atoms with van der Waals surface area (Å²) in [5.74, 6) is 1.16. The van der Waals surface area contributed by atoms with E-state index in [1.54, 1.807) is 72.8 Å². The Labute approximate surface area is 139 Å². The highest BCUT2D eigenvalue weighted by atomic mass is 16.5. The highest BCUT2D eigenvalue weighted by Crippen LogP contribution is 2.24. The first-order chi connectivity index (χ1) is 11.7. The van der Waals surface area contributed by atoms with Gasteiger partial charge in [-0.1, -0.05) is 30.3 Å².